The van der Waals surface area contributed by atoms with Crippen molar-refractivity contribution in [2.24, 2.45) is 52.3 Å². The van der Waals surface area contributed by atoms with Crippen molar-refractivity contribution in [2.45, 2.75) is 165 Å². The molecule has 8 aliphatic rings. The fourth-order valence-corrected chi connectivity index (χ4v) is 14.0. The van der Waals surface area contributed by atoms with Gasteiger partial charge in [-0.25, -0.2) is 4.79 Å². The van der Waals surface area contributed by atoms with Crippen molar-refractivity contribution in [3.05, 3.63) is 29.3 Å². The summed E-state index contributed by atoms with van der Waals surface area (Å²) in [6, 6.07) is 6.25. The number of hydrogen-bond acceptors (Lipinski definition) is 15. The number of amides is 1. The van der Waals surface area contributed by atoms with Gasteiger partial charge in [-0.3, -0.25) is 10.1 Å². The van der Waals surface area contributed by atoms with E-state index in [2.05, 4.69) is 33.0 Å². The number of hydrogen-bond donors (Lipinski definition) is 7. The maximum atomic E-state index is 14.6. The normalized spacial score (nSPS) is 50.6. The zero-order chi connectivity index (χ0) is 44.7. The first-order valence-electron chi connectivity index (χ1n) is 23.1. The molecule has 4 aliphatic carbocycles. The van der Waals surface area contributed by atoms with Crippen LogP contribution in [0.15, 0.2) is 24.3 Å². The van der Waals surface area contributed by atoms with Crippen molar-refractivity contribution in [2.75, 3.05) is 25.1 Å². The van der Waals surface area contributed by atoms with Crippen LogP contribution in [0.2, 0.25) is 5.02 Å². The van der Waals surface area contributed by atoms with E-state index in [1.807, 2.05) is 0 Å². The van der Waals surface area contributed by atoms with E-state index in [1.165, 1.54) is 0 Å². The molecule has 63 heavy (non-hydrogen) atoms. The third kappa shape index (κ3) is 8.08. The van der Waals surface area contributed by atoms with E-state index in [1.54, 1.807) is 24.3 Å². The lowest BCUT2D eigenvalue weighted by Gasteiger charge is -2.60. The number of benzene rings is 1. The Labute approximate surface area is 373 Å². The van der Waals surface area contributed by atoms with E-state index >= 15 is 0 Å². The van der Waals surface area contributed by atoms with E-state index in [9.17, 15) is 40.2 Å². The second-order valence-corrected chi connectivity index (χ2v) is 21.2. The number of carbonyl (C=O) groups is 2. The summed E-state index contributed by atoms with van der Waals surface area (Å²) in [5, 5.41) is 68.2. The largest absolute Gasteiger partial charge is 0.446 e. The average Bonchev–Trinajstić information content (AvgIpc) is 3.70. The molecule has 1 amide bonds. The van der Waals surface area contributed by atoms with Crippen LogP contribution in [0.3, 0.4) is 0 Å². The number of halogens is 1. The molecule has 2 unspecified atom stereocenters. The summed E-state index contributed by atoms with van der Waals surface area (Å²) >= 11 is 5.89. The van der Waals surface area contributed by atoms with Crippen LogP contribution in [0.25, 0.3) is 0 Å². The van der Waals surface area contributed by atoms with E-state index in [0.29, 0.717) is 59.4 Å². The highest BCUT2D eigenvalue weighted by Crippen LogP contribution is 2.70. The second kappa shape index (κ2) is 17.6. The summed E-state index contributed by atoms with van der Waals surface area (Å²) in [5.41, 5.74) is 0.0492. The Morgan fingerprint density at radius 1 is 0.857 bits per heavy atom. The average molecular weight is 908 g/mol. The number of Topliss-reactive ketones (excluding diaryl/α,β-unsaturated/α-hetero) is 1. The van der Waals surface area contributed by atoms with Crippen LogP contribution in [0.1, 0.15) is 85.5 Å². The van der Waals surface area contributed by atoms with Crippen LogP contribution in [-0.2, 0) is 38.0 Å². The van der Waals surface area contributed by atoms with E-state index in [-0.39, 0.29) is 40.8 Å². The molecule has 16 nitrogen and oxygen atoms in total. The minimum absolute atomic E-state index is 0.0465. The summed E-state index contributed by atoms with van der Waals surface area (Å²) < 4.78 is 42.6. The molecular weight excluding hydrogens is 842 g/mol. The number of carbonyl (C=O) groups excluding carboxylic acids is 2. The Bertz CT molecular complexity index is 1820. The van der Waals surface area contributed by atoms with Gasteiger partial charge in [-0.15, -0.1) is 0 Å². The van der Waals surface area contributed by atoms with Gasteiger partial charge in [0.15, 0.2) is 18.4 Å². The van der Waals surface area contributed by atoms with E-state index in [4.69, 9.17) is 44.8 Å². The van der Waals surface area contributed by atoms with Crippen molar-refractivity contribution < 1.29 is 73.4 Å². The topological polar surface area (TPSA) is 232 Å². The molecule has 4 saturated carbocycles. The van der Waals surface area contributed by atoms with Gasteiger partial charge in [0.05, 0.1) is 25.4 Å². The first-order chi connectivity index (χ1) is 30.0. The van der Waals surface area contributed by atoms with Gasteiger partial charge in [0.1, 0.15) is 61.2 Å². The fourth-order valence-electron chi connectivity index (χ4n) is 13.9. The van der Waals surface area contributed by atoms with Gasteiger partial charge < -0.3 is 63.8 Å². The number of aliphatic hydroxyl groups excluding tert-OH is 6. The summed E-state index contributed by atoms with van der Waals surface area (Å²) in [5.74, 6) is 1.73. The highest BCUT2D eigenvalue weighted by Gasteiger charge is 2.71. The van der Waals surface area contributed by atoms with Crippen LogP contribution in [0, 0.1) is 52.3 Å². The molecule has 7 N–H and O–H groups in total. The molecular formula is C46H66ClNO15. The van der Waals surface area contributed by atoms with Crippen molar-refractivity contribution >= 4 is 29.2 Å². The lowest BCUT2D eigenvalue weighted by molar-refractivity contribution is -0.364. The third-order valence-corrected chi connectivity index (χ3v) is 17.4. The monoisotopic (exact) mass is 907 g/mol. The molecule has 0 bridgehead atoms. The number of ether oxygens (including phenoxy) is 7. The van der Waals surface area contributed by atoms with Crippen LogP contribution >= 0.6 is 11.6 Å². The fraction of sp³-hybridized carbons (Fsp3) is 0.826. The summed E-state index contributed by atoms with van der Waals surface area (Å²) in [7, 11) is 0. The van der Waals surface area contributed by atoms with Crippen LogP contribution < -0.4 is 5.32 Å². The Kier molecular flexibility index (Phi) is 12.9. The minimum Gasteiger partial charge on any atom is -0.446 e. The first-order valence-corrected chi connectivity index (χ1v) is 23.5. The quantitative estimate of drug-likeness (QED) is 0.185. The van der Waals surface area contributed by atoms with E-state index < -0.39 is 86.5 Å². The molecule has 1 aromatic carbocycles. The summed E-state index contributed by atoms with van der Waals surface area (Å²) in [6.45, 7) is 8.65. The van der Waals surface area contributed by atoms with Gasteiger partial charge in [-0.05, 0) is 110 Å². The SMILES string of the molecule is C[C@@H]1CC[C@@]2(OC1)OC1C[C@H]3[C@@H]4CC[C@H]5C[C@@H](O[C@@H]6O[C@H](CO)[C@@H](O[C@@H]7O[C@H](COC(=O)Nc8ccc(Cl)cc8)[C@@H](O)[C@H](O)[C@H]7O)[C@H](O)[C@H]6O)CC[C@]5(C)[C@H]4C(=O)C[C@]3(C)C1[C@@H]2C. The van der Waals surface area contributed by atoms with Crippen molar-refractivity contribution in [1.82, 2.24) is 0 Å². The Balaban J connectivity index is 0.804. The molecule has 1 spiro atoms. The molecule has 0 radical (unpaired) electrons. The molecule has 17 heteroatoms. The predicted octanol–water partition coefficient (Wildman–Crippen LogP) is 3.53. The molecule has 4 heterocycles. The van der Waals surface area contributed by atoms with Gasteiger partial charge in [-0.1, -0.05) is 39.3 Å². The number of aliphatic hydroxyl groups is 6. The smallest absolute Gasteiger partial charge is 0.411 e. The summed E-state index contributed by atoms with van der Waals surface area (Å²) in [4.78, 5) is 27.0. The number of rotatable bonds is 8. The van der Waals surface area contributed by atoms with Gasteiger partial charge >= 0.3 is 6.09 Å². The van der Waals surface area contributed by atoms with Gasteiger partial charge in [0.25, 0.3) is 0 Å². The van der Waals surface area contributed by atoms with Gasteiger partial charge in [0.2, 0.25) is 0 Å². The molecule has 1 aromatic rings. The standard InChI is InChI=1S/C46H66ClNO15/c1-21-11-14-46(58-19-21)22(2)33-30(63-46)16-28-27-10-5-23-15-26(12-13-44(23,3)34(27)29(50)17-45(28,33)4)59-41-39(55)37(53)40(31(18-49)60-41)62-42-38(54)36(52)35(51)32(61-42)20-57-43(56)48-25-8-6-24(47)7-9-25/h6-9,21-23,26-28,30-42,49,51-55H,5,10-20H2,1-4H3,(H,48,56)/t21-,22+,23+,26+,27+,28+,30?,31-,32-,33?,34-,35-,36+,37-,38-,39-,40-,41-,42+,44+,45+,46-/m1/s1. The molecule has 0 aromatic heterocycles. The van der Waals surface area contributed by atoms with Crippen molar-refractivity contribution in [3.8, 4) is 0 Å². The number of nitrogens with one attached hydrogen (secondary N) is 1. The Morgan fingerprint density at radius 2 is 1.57 bits per heavy atom. The first kappa shape index (κ1) is 46.1. The molecule has 9 rings (SSSR count). The lowest BCUT2D eigenvalue weighted by Crippen LogP contribution is -2.65. The molecule has 352 valence electrons. The molecule has 22 atom stereocenters. The minimum atomic E-state index is -1.83. The molecule has 4 aliphatic heterocycles. The van der Waals surface area contributed by atoms with Crippen LogP contribution in [-0.4, -0.2) is 142 Å². The van der Waals surface area contributed by atoms with Gasteiger partial charge in [0, 0.05) is 35.4 Å². The van der Waals surface area contributed by atoms with Gasteiger partial charge in [-0.2, -0.15) is 0 Å². The third-order valence-electron chi connectivity index (χ3n) is 17.1. The predicted molar refractivity (Wildman–Crippen MR) is 223 cm³/mol. The number of anilines is 1. The Hall–Kier alpha value is -2.03. The maximum Gasteiger partial charge on any atom is 0.411 e. The number of fused-ring (bicyclic) bond motifs is 7. The maximum absolute atomic E-state index is 14.6. The molecule has 4 saturated heterocycles. The lowest BCUT2D eigenvalue weighted by atomic mass is 9.44. The van der Waals surface area contributed by atoms with Crippen molar-refractivity contribution in [3.63, 3.8) is 0 Å². The highest BCUT2D eigenvalue weighted by atomic mass is 35.5. The number of ketones is 1. The van der Waals surface area contributed by atoms with E-state index in [0.717, 1.165) is 45.1 Å². The highest BCUT2D eigenvalue weighted by molar-refractivity contribution is 6.30. The van der Waals surface area contributed by atoms with Crippen LogP contribution in [0.4, 0.5) is 10.5 Å². The zero-order valence-corrected chi connectivity index (χ0v) is 37.3. The molecule has 8 fully saturated rings. The van der Waals surface area contributed by atoms with Crippen molar-refractivity contribution in [1.29, 1.82) is 0 Å². The zero-order valence-electron chi connectivity index (χ0n) is 36.5. The second-order valence-electron chi connectivity index (χ2n) is 20.7. The summed E-state index contributed by atoms with van der Waals surface area (Å²) in [6.07, 6.45) is -9.47. The van der Waals surface area contributed by atoms with Crippen LogP contribution in [0.5, 0.6) is 0 Å². The Morgan fingerprint density at radius 3 is 2.29 bits per heavy atom.